The van der Waals surface area contributed by atoms with Crippen molar-refractivity contribution >= 4 is 16.0 Å². The Morgan fingerprint density at radius 1 is 1.43 bits per heavy atom. The van der Waals surface area contributed by atoms with Crippen LogP contribution in [0.4, 0.5) is 0 Å². The molecule has 1 aliphatic carbocycles. The van der Waals surface area contributed by atoms with Gasteiger partial charge in [-0.05, 0) is 19.8 Å². The van der Waals surface area contributed by atoms with Gasteiger partial charge < -0.3 is 9.63 Å². The topological polar surface area (TPSA) is 110 Å². The summed E-state index contributed by atoms with van der Waals surface area (Å²) in [5, 5.41) is 12.7. The number of hydrogen-bond acceptors (Lipinski definition) is 5. The van der Waals surface area contributed by atoms with Crippen molar-refractivity contribution in [3.8, 4) is 0 Å². The Balaban J connectivity index is 2.12. The molecule has 2 rings (SSSR count). The molecule has 1 aromatic heterocycles. The average molecular weight is 316 g/mol. The Morgan fingerprint density at radius 3 is 2.62 bits per heavy atom. The normalized spacial score (nSPS) is 18.5. The van der Waals surface area contributed by atoms with Crippen molar-refractivity contribution in [2.24, 2.45) is 0 Å². The highest BCUT2D eigenvalue weighted by Crippen LogP contribution is 2.32. The summed E-state index contributed by atoms with van der Waals surface area (Å²) in [5.41, 5.74) is -0.553. The van der Waals surface area contributed by atoms with Crippen LogP contribution in [0.15, 0.2) is 10.6 Å². The third-order valence-electron chi connectivity index (χ3n) is 3.69. The minimum Gasteiger partial charge on any atom is -0.481 e. The number of hydrogen-bond donors (Lipinski definition) is 2. The van der Waals surface area contributed by atoms with E-state index in [2.05, 4.69) is 9.88 Å². The molecule has 1 fully saturated rings. The first kappa shape index (κ1) is 16.0. The fourth-order valence-corrected chi connectivity index (χ4v) is 4.41. The van der Waals surface area contributed by atoms with E-state index in [1.54, 1.807) is 13.0 Å². The summed E-state index contributed by atoms with van der Waals surface area (Å²) < 4.78 is 32.0. The van der Waals surface area contributed by atoms with Gasteiger partial charge in [-0.3, -0.25) is 4.79 Å². The van der Waals surface area contributed by atoms with E-state index in [1.807, 2.05) is 0 Å². The number of rotatable bonds is 6. The summed E-state index contributed by atoms with van der Waals surface area (Å²) in [7, 11) is -3.66. The van der Waals surface area contributed by atoms with E-state index in [9.17, 15) is 13.2 Å². The Bertz CT molecular complexity index is 602. The molecule has 0 saturated heterocycles. The molecular weight excluding hydrogens is 296 g/mol. The number of nitrogens with one attached hydrogen (secondary N) is 1. The fraction of sp³-hybridized carbons (Fsp3) is 0.692. The first-order valence-electron chi connectivity index (χ1n) is 6.96. The maximum absolute atomic E-state index is 12.3. The lowest BCUT2D eigenvalue weighted by Crippen LogP contribution is -2.51. The van der Waals surface area contributed by atoms with Crippen LogP contribution >= 0.6 is 0 Å². The molecular formula is C13H20N2O5S. The zero-order valence-electron chi connectivity index (χ0n) is 12.0. The standard InChI is InChI=1S/C13H20N2O5S/c1-10-7-11(14-20-10)9-21(18,19)15-13(8-12(16)17)5-3-2-4-6-13/h7,15H,2-6,8-9H2,1H3,(H,16,17). The molecule has 0 aliphatic heterocycles. The fourth-order valence-electron chi connectivity index (χ4n) is 2.88. The minimum atomic E-state index is -3.66. The first-order chi connectivity index (χ1) is 9.80. The van der Waals surface area contributed by atoms with Gasteiger partial charge in [-0.25, -0.2) is 13.1 Å². The van der Waals surface area contributed by atoms with E-state index < -0.39 is 21.5 Å². The molecule has 0 bridgehead atoms. The third kappa shape index (κ3) is 4.53. The molecule has 8 heteroatoms. The van der Waals surface area contributed by atoms with Crippen molar-refractivity contribution in [1.82, 2.24) is 9.88 Å². The average Bonchev–Trinajstić information content (AvgIpc) is 2.72. The van der Waals surface area contributed by atoms with Crippen LogP contribution < -0.4 is 4.72 Å². The van der Waals surface area contributed by atoms with Crippen LogP contribution in [0.2, 0.25) is 0 Å². The van der Waals surface area contributed by atoms with Gasteiger partial charge in [0.25, 0.3) is 0 Å². The molecule has 1 saturated carbocycles. The van der Waals surface area contributed by atoms with E-state index in [1.165, 1.54) is 0 Å². The molecule has 2 N–H and O–H groups in total. The van der Waals surface area contributed by atoms with Gasteiger partial charge in [-0.1, -0.05) is 24.4 Å². The second-order valence-corrected chi connectivity index (χ2v) is 7.42. The second-order valence-electron chi connectivity index (χ2n) is 5.70. The van der Waals surface area contributed by atoms with Crippen LogP contribution in [-0.2, 0) is 20.6 Å². The number of sulfonamides is 1. The monoisotopic (exact) mass is 316 g/mol. The van der Waals surface area contributed by atoms with Crippen LogP contribution in [0, 0.1) is 6.92 Å². The maximum atomic E-state index is 12.3. The molecule has 1 aliphatic rings. The largest absolute Gasteiger partial charge is 0.481 e. The predicted octanol–water partition coefficient (Wildman–Crippen LogP) is 1.58. The lowest BCUT2D eigenvalue weighted by Gasteiger charge is -2.36. The van der Waals surface area contributed by atoms with Gasteiger partial charge in [0.2, 0.25) is 10.0 Å². The Morgan fingerprint density at radius 2 is 2.10 bits per heavy atom. The zero-order valence-corrected chi connectivity index (χ0v) is 12.8. The van der Waals surface area contributed by atoms with Gasteiger partial charge in [-0.2, -0.15) is 0 Å². The van der Waals surface area contributed by atoms with Crippen LogP contribution in [0.25, 0.3) is 0 Å². The number of aliphatic carboxylic acids is 1. The number of carboxylic acid groups (broad SMARTS) is 1. The van der Waals surface area contributed by atoms with Crippen LogP contribution in [-0.4, -0.2) is 30.2 Å². The van der Waals surface area contributed by atoms with Gasteiger partial charge in [0.1, 0.15) is 17.2 Å². The van der Waals surface area contributed by atoms with Crippen molar-refractivity contribution in [1.29, 1.82) is 0 Å². The molecule has 0 spiro atoms. The van der Waals surface area contributed by atoms with Crippen LogP contribution in [0.5, 0.6) is 0 Å². The number of aryl methyl sites for hydroxylation is 1. The molecule has 0 aromatic carbocycles. The number of carboxylic acids is 1. The molecule has 1 aromatic rings. The summed E-state index contributed by atoms with van der Waals surface area (Å²) in [6.45, 7) is 1.68. The molecule has 0 amide bonds. The SMILES string of the molecule is Cc1cc(CS(=O)(=O)NC2(CC(=O)O)CCCCC2)no1. The molecule has 21 heavy (non-hydrogen) atoms. The van der Waals surface area contributed by atoms with E-state index in [-0.39, 0.29) is 12.2 Å². The first-order valence-corrected chi connectivity index (χ1v) is 8.61. The lowest BCUT2D eigenvalue weighted by molar-refractivity contribution is -0.138. The summed E-state index contributed by atoms with van der Waals surface area (Å²) in [4.78, 5) is 11.1. The Kier molecular flexibility index (Phi) is 4.67. The summed E-state index contributed by atoms with van der Waals surface area (Å²) in [5.74, 6) is -0.749. The maximum Gasteiger partial charge on any atom is 0.305 e. The van der Waals surface area contributed by atoms with Crippen molar-refractivity contribution in [3.05, 3.63) is 17.5 Å². The van der Waals surface area contributed by atoms with Crippen molar-refractivity contribution in [2.45, 2.75) is 56.7 Å². The van der Waals surface area contributed by atoms with Crippen LogP contribution in [0.3, 0.4) is 0 Å². The second kappa shape index (κ2) is 6.15. The summed E-state index contributed by atoms with van der Waals surface area (Å²) in [6.07, 6.45) is 3.58. The van der Waals surface area contributed by atoms with Gasteiger partial charge in [0, 0.05) is 11.6 Å². The van der Waals surface area contributed by atoms with Gasteiger partial charge in [0.05, 0.1) is 6.42 Å². The Hall–Kier alpha value is -1.41. The van der Waals surface area contributed by atoms with Crippen molar-refractivity contribution < 1.29 is 22.8 Å². The number of carbonyl (C=O) groups is 1. The minimum absolute atomic E-state index is 0.190. The highest BCUT2D eigenvalue weighted by atomic mass is 32.2. The van der Waals surface area contributed by atoms with Crippen molar-refractivity contribution in [3.63, 3.8) is 0 Å². The smallest absolute Gasteiger partial charge is 0.305 e. The van der Waals surface area contributed by atoms with E-state index in [0.717, 1.165) is 19.3 Å². The molecule has 7 nitrogen and oxygen atoms in total. The third-order valence-corrected chi connectivity index (χ3v) is 5.11. The molecule has 0 unspecified atom stereocenters. The van der Waals surface area contributed by atoms with Gasteiger partial charge in [0.15, 0.2) is 0 Å². The molecule has 0 atom stereocenters. The Labute approximate surface area is 123 Å². The lowest BCUT2D eigenvalue weighted by atomic mass is 9.80. The molecule has 118 valence electrons. The van der Waals surface area contributed by atoms with Crippen molar-refractivity contribution in [2.75, 3.05) is 0 Å². The number of aromatic nitrogens is 1. The van der Waals surface area contributed by atoms with E-state index in [4.69, 9.17) is 9.63 Å². The van der Waals surface area contributed by atoms with Crippen LogP contribution in [0.1, 0.15) is 50.0 Å². The van der Waals surface area contributed by atoms with Gasteiger partial charge >= 0.3 is 5.97 Å². The highest BCUT2D eigenvalue weighted by molar-refractivity contribution is 7.88. The highest BCUT2D eigenvalue weighted by Gasteiger charge is 2.38. The summed E-state index contributed by atoms with van der Waals surface area (Å²) in [6, 6.07) is 1.56. The van der Waals surface area contributed by atoms with E-state index in [0.29, 0.717) is 24.3 Å². The summed E-state index contributed by atoms with van der Waals surface area (Å²) >= 11 is 0. The molecule has 0 radical (unpaired) electrons. The zero-order chi connectivity index (χ0) is 15.5. The van der Waals surface area contributed by atoms with Gasteiger partial charge in [-0.15, -0.1) is 0 Å². The predicted molar refractivity (Wildman–Crippen MR) is 75.1 cm³/mol. The van der Waals surface area contributed by atoms with E-state index >= 15 is 0 Å². The number of nitrogens with zero attached hydrogens (tertiary/aromatic N) is 1. The molecule has 1 heterocycles. The quantitative estimate of drug-likeness (QED) is 0.824.